The highest BCUT2D eigenvalue weighted by Gasteiger charge is 2.25. The Kier molecular flexibility index (Phi) is 3.64. The van der Waals surface area contributed by atoms with Crippen molar-refractivity contribution in [2.45, 2.75) is 38.5 Å². The lowest BCUT2D eigenvalue weighted by Gasteiger charge is -2.20. The van der Waals surface area contributed by atoms with Crippen molar-refractivity contribution >= 4 is 0 Å². The predicted molar refractivity (Wildman–Crippen MR) is 56.7 cm³/mol. The first-order valence-corrected chi connectivity index (χ1v) is 5.04. The van der Waals surface area contributed by atoms with Crippen LogP contribution in [0.3, 0.4) is 0 Å². The smallest absolute Gasteiger partial charge is 0.0809 e. The predicted octanol–water partition coefficient (Wildman–Crippen LogP) is 3.05. The van der Waals surface area contributed by atoms with Crippen LogP contribution in [-0.2, 0) is 5.41 Å². The Hall–Kier alpha value is -1.36. The van der Waals surface area contributed by atoms with Crippen molar-refractivity contribution in [1.29, 1.82) is 5.26 Å². The van der Waals surface area contributed by atoms with Gasteiger partial charge in [0.2, 0.25) is 0 Å². The first-order valence-electron chi connectivity index (χ1n) is 5.04. The zero-order valence-corrected chi connectivity index (χ0v) is 8.83. The van der Waals surface area contributed by atoms with Crippen LogP contribution in [0.1, 0.15) is 38.7 Å². The Labute approximate surface area is 85.6 Å². The number of pyridine rings is 1. The van der Waals surface area contributed by atoms with Gasteiger partial charge in [0.05, 0.1) is 11.5 Å². The highest BCUT2D eigenvalue weighted by molar-refractivity contribution is 5.28. The summed E-state index contributed by atoms with van der Waals surface area (Å²) in [5, 5.41) is 9.19. The zero-order chi connectivity index (χ0) is 10.4. The normalized spacial score (nSPS) is 14.4. The lowest BCUT2D eigenvalue weighted by molar-refractivity contribution is 0.520. The topological polar surface area (TPSA) is 36.7 Å². The molecule has 2 nitrogen and oxygen atoms in total. The van der Waals surface area contributed by atoms with Gasteiger partial charge in [-0.1, -0.05) is 25.8 Å². The molecule has 1 atom stereocenters. The molecule has 1 aromatic heterocycles. The van der Waals surface area contributed by atoms with E-state index in [1.807, 2.05) is 19.1 Å². The quantitative estimate of drug-likeness (QED) is 0.728. The summed E-state index contributed by atoms with van der Waals surface area (Å²) in [5.41, 5.74) is 0.653. The number of hydrogen-bond acceptors (Lipinski definition) is 2. The molecule has 0 fully saturated rings. The van der Waals surface area contributed by atoms with Gasteiger partial charge in [0.1, 0.15) is 0 Å². The van der Waals surface area contributed by atoms with E-state index in [0.717, 1.165) is 24.8 Å². The van der Waals surface area contributed by atoms with Gasteiger partial charge in [-0.15, -0.1) is 0 Å². The molecule has 0 bridgehead atoms. The fourth-order valence-corrected chi connectivity index (χ4v) is 1.48. The molecule has 0 aromatic carbocycles. The van der Waals surface area contributed by atoms with E-state index in [9.17, 15) is 5.26 Å². The molecule has 0 aliphatic rings. The van der Waals surface area contributed by atoms with Crippen molar-refractivity contribution in [2.24, 2.45) is 0 Å². The van der Waals surface area contributed by atoms with Gasteiger partial charge in [-0.25, -0.2) is 0 Å². The summed E-state index contributed by atoms with van der Waals surface area (Å²) in [6, 6.07) is 6.25. The molecule has 1 unspecified atom stereocenters. The largest absolute Gasteiger partial charge is 0.264 e. The van der Waals surface area contributed by atoms with Gasteiger partial charge in [0.15, 0.2) is 0 Å². The van der Waals surface area contributed by atoms with Crippen LogP contribution in [0.4, 0.5) is 0 Å². The van der Waals surface area contributed by atoms with Gasteiger partial charge in [-0.2, -0.15) is 5.26 Å². The molecule has 1 rings (SSSR count). The first-order chi connectivity index (χ1) is 6.73. The molecule has 2 heteroatoms. The molecule has 0 aliphatic heterocycles. The summed E-state index contributed by atoms with van der Waals surface area (Å²) in [7, 11) is 0. The Balaban J connectivity index is 2.86. The SMILES string of the molecule is CCCCC(C)(C#N)c1cccnc1. The lowest BCUT2D eigenvalue weighted by Crippen LogP contribution is -2.19. The number of aromatic nitrogens is 1. The molecular formula is C12H16N2. The van der Waals surface area contributed by atoms with Crippen LogP contribution in [0.5, 0.6) is 0 Å². The summed E-state index contributed by atoms with van der Waals surface area (Å²) in [6.07, 6.45) is 6.64. The van der Waals surface area contributed by atoms with Gasteiger partial charge >= 0.3 is 0 Å². The average Bonchev–Trinajstić information content (AvgIpc) is 2.27. The Bertz CT molecular complexity index is 313. The second-order valence-electron chi connectivity index (χ2n) is 3.79. The van der Waals surface area contributed by atoms with Crippen molar-refractivity contribution < 1.29 is 0 Å². The van der Waals surface area contributed by atoms with E-state index in [2.05, 4.69) is 18.0 Å². The summed E-state index contributed by atoms with van der Waals surface area (Å²) in [6.45, 7) is 4.13. The Morgan fingerprint density at radius 1 is 1.57 bits per heavy atom. The molecule has 1 aromatic rings. The summed E-state index contributed by atoms with van der Waals surface area (Å²) in [5.74, 6) is 0. The number of nitrogens with zero attached hydrogens (tertiary/aromatic N) is 2. The molecular weight excluding hydrogens is 172 g/mol. The van der Waals surface area contributed by atoms with Crippen molar-refractivity contribution in [3.05, 3.63) is 30.1 Å². The maximum Gasteiger partial charge on any atom is 0.0809 e. The highest BCUT2D eigenvalue weighted by Crippen LogP contribution is 2.27. The van der Waals surface area contributed by atoms with Crippen molar-refractivity contribution in [3.63, 3.8) is 0 Å². The van der Waals surface area contributed by atoms with Crippen LogP contribution < -0.4 is 0 Å². The molecule has 0 spiro atoms. The standard InChI is InChI=1S/C12H16N2/c1-3-4-7-12(2,10-13)11-6-5-8-14-9-11/h5-6,8-9H,3-4,7H2,1-2H3. The highest BCUT2D eigenvalue weighted by atomic mass is 14.6. The second kappa shape index (κ2) is 4.76. The lowest BCUT2D eigenvalue weighted by atomic mass is 9.80. The van der Waals surface area contributed by atoms with Gasteiger partial charge < -0.3 is 0 Å². The van der Waals surface area contributed by atoms with Crippen molar-refractivity contribution in [1.82, 2.24) is 4.98 Å². The molecule has 0 N–H and O–H groups in total. The van der Waals surface area contributed by atoms with Gasteiger partial charge in [0, 0.05) is 12.4 Å². The zero-order valence-electron chi connectivity index (χ0n) is 8.83. The van der Waals surface area contributed by atoms with Gasteiger partial charge in [-0.05, 0) is 25.0 Å². The van der Waals surface area contributed by atoms with E-state index in [0.29, 0.717) is 0 Å². The number of unbranched alkanes of at least 4 members (excludes halogenated alkanes) is 1. The van der Waals surface area contributed by atoms with Crippen LogP contribution in [0, 0.1) is 11.3 Å². The maximum absolute atomic E-state index is 9.19. The molecule has 0 saturated heterocycles. The molecule has 0 amide bonds. The minimum Gasteiger partial charge on any atom is -0.264 e. The summed E-state index contributed by atoms with van der Waals surface area (Å²) < 4.78 is 0. The minimum atomic E-state index is -0.371. The van der Waals surface area contributed by atoms with Crippen LogP contribution >= 0.6 is 0 Å². The Morgan fingerprint density at radius 3 is 2.86 bits per heavy atom. The van der Waals surface area contributed by atoms with E-state index < -0.39 is 0 Å². The van der Waals surface area contributed by atoms with Gasteiger partial charge in [0.25, 0.3) is 0 Å². The first kappa shape index (κ1) is 10.7. The fourth-order valence-electron chi connectivity index (χ4n) is 1.48. The van der Waals surface area contributed by atoms with Crippen molar-refractivity contribution in [2.75, 3.05) is 0 Å². The van der Waals surface area contributed by atoms with Gasteiger partial charge in [-0.3, -0.25) is 4.98 Å². The van der Waals surface area contributed by atoms with Crippen LogP contribution in [0.2, 0.25) is 0 Å². The molecule has 1 heterocycles. The van der Waals surface area contributed by atoms with E-state index >= 15 is 0 Å². The van der Waals surface area contributed by atoms with Crippen LogP contribution in [0.25, 0.3) is 0 Å². The average molecular weight is 188 g/mol. The summed E-state index contributed by atoms with van der Waals surface area (Å²) >= 11 is 0. The van der Waals surface area contributed by atoms with Crippen molar-refractivity contribution in [3.8, 4) is 6.07 Å². The van der Waals surface area contributed by atoms with Crippen LogP contribution in [0.15, 0.2) is 24.5 Å². The van der Waals surface area contributed by atoms with E-state index in [1.165, 1.54) is 0 Å². The maximum atomic E-state index is 9.19. The summed E-state index contributed by atoms with van der Waals surface area (Å²) in [4.78, 5) is 4.06. The number of rotatable bonds is 4. The Morgan fingerprint density at radius 2 is 2.36 bits per heavy atom. The van der Waals surface area contributed by atoms with Crippen LogP contribution in [-0.4, -0.2) is 4.98 Å². The second-order valence-corrected chi connectivity index (χ2v) is 3.79. The molecule has 0 saturated carbocycles. The third-order valence-corrected chi connectivity index (χ3v) is 2.58. The van der Waals surface area contributed by atoms with E-state index in [1.54, 1.807) is 12.4 Å². The minimum absolute atomic E-state index is 0.371. The molecule has 0 radical (unpaired) electrons. The fraction of sp³-hybridized carbons (Fsp3) is 0.500. The number of hydrogen-bond donors (Lipinski definition) is 0. The molecule has 74 valence electrons. The molecule has 14 heavy (non-hydrogen) atoms. The monoisotopic (exact) mass is 188 g/mol. The van der Waals surface area contributed by atoms with E-state index in [4.69, 9.17) is 0 Å². The third kappa shape index (κ3) is 2.32. The third-order valence-electron chi connectivity index (χ3n) is 2.58. The number of nitriles is 1. The molecule has 0 aliphatic carbocycles. The van der Waals surface area contributed by atoms with E-state index in [-0.39, 0.29) is 5.41 Å².